The molecule has 3 amide bonds. The van der Waals surface area contributed by atoms with Gasteiger partial charge in [0.25, 0.3) is 0 Å². The Bertz CT molecular complexity index is 674. The number of amides is 3. The Morgan fingerprint density at radius 1 is 1.12 bits per heavy atom. The quantitative estimate of drug-likeness (QED) is 0.669. The molecule has 0 atom stereocenters. The van der Waals surface area contributed by atoms with Crippen LogP contribution in [0.25, 0.3) is 0 Å². The Kier molecular flexibility index (Phi) is 4.30. The minimum absolute atomic E-state index is 0.101. The molecule has 0 spiro atoms. The van der Waals surface area contributed by atoms with E-state index in [2.05, 4.69) is 5.32 Å². The third kappa shape index (κ3) is 2.88. The van der Waals surface area contributed by atoms with Crippen molar-refractivity contribution in [3.8, 4) is 0 Å². The van der Waals surface area contributed by atoms with Crippen LogP contribution in [0.1, 0.15) is 24.0 Å². The molecular weight excluding hydrogens is 306 g/mol. The van der Waals surface area contributed by atoms with Crippen molar-refractivity contribution < 1.29 is 14.4 Å². The highest BCUT2D eigenvalue weighted by atomic mass is 16.2. The Labute approximate surface area is 141 Å². The first-order valence-electron chi connectivity index (χ1n) is 8.34. The molecule has 1 heterocycles. The van der Waals surface area contributed by atoms with Gasteiger partial charge in [0.15, 0.2) is 0 Å². The van der Waals surface area contributed by atoms with Gasteiger partial charge in [0.1, 0.15) is 5.41 Å². The van der Waals surface area contributed by atoms with Gasteiger partial charge < -0.3 is 15.1 Å². The van der Waals surface area contributed by atoms with Crippen LogP contribution in [0.5, 0.6) is 0 Å². The fourth-order valence-electron chi connectivity index (χ4n) is 3.12. The lowest BCUT2D eigenvalue weighted by Crippen LogP contribution is -2.52. The average molecular weight is 329 g/mol. The maximum Gasteiger partial charge on any atom is 0.240 e. The number of rotatable bonds is 4. The summed E-state index contributed by atoms with van der Waals surface area (Å²) in [4.78, 5) is 39.7. The van der Waals surface area contributed by atoms with Gasteiger partial charge in [-0.2, -0.15) is 0 Å². The molecule has 1 saturated carbocycles. The Hall–Kier alpha value is -2.37. The molecule has 0 aromatic heterocycles. The lowest BCUT2D eigenvalue weighted by molar-refractivity contribution is -0.144. The van der Waals surface area contributed by atoms with E-state index in [1.165, 1.54) is 0 Å². The van der Waals surface area contributed by atoms with Crippen molar-refractivity contribution in [1.29, 1.82) is 0 Å². The molecule has 128 valence electrons. The minimum Gasteiger partial charge on any atom is -0.342 e. The fraction of sp³-hybridized carbons (Fsp3) is 0.500. The van der Waals surface area contributed by atoms with E-state index in [-0.39, 0.29) is 11.8 Å². The van der Waals surface area contributed by atoms with E-state index in [0.717, 1.165) is 23.2 Å². The van der Waals surface area contributed by atoms with Crippen LogP contribution in [0, 0.1) is 19.3 Å². The molecule has 0 bridgehead atoms. The summed E-state index contributed by atoms with van der Waals surface area (Å²) in [5, 5.41) is 2.94. The number of nitrogens with one attached hydrogen (secondary N) is 1. The van der Waals surface area contributed by atoms with E-state index >= 15 is 0 Å². The normalized spacial score (nSPS) is 18.9. The van der Waals surface area contributed by atoms with Crippen molar-refractivity contribution in [2.45, 2.75) is 26.7 Å². The van der Waals surface area contributed by atoms with Gasteiger partial charge in [0, 0.05) is 31.9 Å². The molecule has 1 aliphatic carbocycles. The molecular formula is C18H23N3O3. The highest BCUT2D eigenvalue weighted by Gasteiger charge is 2.58. The molecule has 24 heavy (non-hydrogen) atoms. The van der Waals surface area contributed by atoms with Gasteiger partial charge in [-0.3, -0.25) is 14.4 Å². The average Bonchev–Trinajstić information content (AvgIpc) is 3.40. The predicted octanol–water partition coefficient (Wildman–Crippen LogP) is 1.32. The second kappa shape index (κ2) is 6.26. The van der Waals surface area contributed by atoms with E-state index in [4.69, 9.17) is 0 Å². The standard InChI is InChI=1S/C18H23N3O3/c1-13-4-3-5-15(14(13)2)19-16(23)18(6-7-18)17(24)21-10-8-20(12-22)9-11-21/h3-5,12H,6-11H2,1-2H3,(H,19,23). The Morgan fingerprint density at radius 2 is 1.79 bits per heavy atom. The summed E-state index contributed by atoms with van der Waals surface area (Å²) >= 11 is 0. The molecule has 6 nitrogen and oxygen atoms in total. The number of hydrogen-bond donors (Lipinski definition) is 1. The van der Waals surface area contributed by atoms with Gasteiger partial charge >= 0.3 is 0 Å². The summed E-state index contributed by atoms with van der Waals surface area (Å²) in [5.74, 6) is -0.310. The number of piperazine rings is 1. The van der Waals surface area contributed by atoms with Crippen molar-refractivity contribution in [1.82, 2.24) is 9.80 Å². The topological polar surface area (TPSA) is 69.7 Å². The summed E-state index contributed by atoms with van der Waals surface area (Å²) in [6, 6.07) is 5.76. The van der Waals surface area contributed by atoms with Gasteiger partial charge in [-0.15, -0.1) is 0 Å². The first-order chi connectivity index (χ1) is 11.5. The van der Waals surface area contributed by atoms with Crippen LogP contribution >= 0.6 is 0 Å². The number of benzene rings is 1. The number of carbonyl (C=O) groups excluding carboxylic acids is 3. The van der Waals surface area contributed by atoms with E-state index in [1.54, 1.807) is 9.80 Å². The molecule has 3 rings (SSSR count). The molecule has 1 saturated heterocycles. The van der Waals surface area contributed by atoms with Crippen molar-refractivity contribution in [2.75, 3.05) is 31.5 Å². The van der Waals surface area contributed by atoms with Crippen LogP contribution < -0.4 is 5.32 Å². The maximum atomic E-state index is 12.8. The number of carbonyl (C=O) groups is 3. The third-order valence-corrected chi connectivity index (χ3v) is 5.20. The van der Waals surface area contributed by atoms with Gasteiger partial charge in [-0.25, -0.2) is 0 Å². The van der Waals surface area contributed by atoms with Gasteiger partial charge in [0.05, 0.1) is 0 Å². The Balaban J connectivity index is 1.69. The van der Waals surface area contributed by atoms with Crippen LogP contribution in [0.2, 0.25) is 0 Å². The monoisotopic (exact) mass is 329 g/mol. The highest BCUT2D eigenvalue weighted by Crippen LogP contribution is 2.48. The number of hydrogen-bond acceptors (Lipinski definition) is 3. The van der Waals surface area contributed by atoms with Crippen molar-refractivity contribution in [3.63, 3.8) is 0 Å². The van der Waals surface area contributed by atoms with Crippen molar-refractivity contribution in [2.24, 2.45) is 5.41 Å². The number of anilines is 1. The van der Waals surface area contributed by atoms with E-state index < -0.39 is 5.41 Å². The predicted molar refractivity (Wildman–Crippen MR) is 90.4 cm³/mol. The second-order valence-electron chi connectivity index (χ2n) is 6.72. The first-order valence-corrected chi connectivity index (χ1v) is 8.34. The Morgan fingerprint density at radius 3 is 2.38 bits per heavy atom. The molecule has 1 N–H and O–H groups in total. The summed E-state index contributed by atoms with van der Waals surface area (Å²) in [7, 11) is 0. The lowest BCUT2D eigenvalue weighted by atomic mass is 10.0. The molecule has 6 heteroatoms. The first kappa shape index (κ1) is 16.5. The van der Waals surface area contributed by atoms with Gasteiger partial charge in [-0.1, -0.05) is 12.1 Å². The molecule has 2 fully saturated rings. The van der Waals surface area contributed by atoms with E-state index in [0.29, 0.717) is 39.0 Å². The number of nitrogens with zero attached hydrogens (tertiary/aromatic N) is 2. The van der Waals surface area contributed by atoms with Crippen molar-refractivity contribution >= 4 is 23.9 Å². The lowest BCUT2D eigenvalue weighted by Gasteiger charge is -2.34. The summed E-state index contributed by atoms with van der Waals surface area (Å²) in [5.41, 5.74) is 1.98. The zero-order chi connectivity index (χ0) is 17.3. The zero-order valence-electron chi connectivity index (χ0n) is 14.2. The maximum absolute atomic E-state index is 12.8. The van der Waals surface area contributed by atoms with Crippen LogP contribution in [0.3, 0.4) is 0 Å². The second-order valence-corrected chi connectivity index (χ2v) is 6.72. The molecule has 1 aromatic carbocycles. The molecule has 1 aromatic rings. The minimum atomic E-state index is -0.917. The largest absolute Gasteiger partial charge is 0.342 e. The molecule has 0 radical (unpaired) electrons. The van der Waals surface area contributed by atoms with Crippen LogP contribution in [-0.2, 0) is 14.4 Å². The summed E-state index contributed by atoms with van der Waals surface area (Å²) in [6.07, 6.45) is 1.99. The third-order valence-electron chi connectivity index (χ3n) is 5.20. The van der Waals surface area contributed by atoms with E-state index in [9.17, 15) is 14.4 Å². The zero-order valence-corrected chi connectivity index (χ0v) is 14.2. The molecule has 1 aliphatic heterocycles. The van der Waals surface area contributed by atoms with Crippen molar-refractivity contribution in [3.05, 3.63) is 29.3 Å². The van der Waals surface area contributed by atoms with Gasteiger partial charge in [-0.05, 0) is 43.9 Å². The molecule has 0 unspecified atom stereocenters. The van der Waals surface area contributed by atoms with Crippen LogP contribution in [0.4, 0.5) is 5.69 Å². The highest BCUT2D eigenvalue weighted by molar-refractivity contribution is 6.13. The number of aryl methyl sites for hydroxylation is 1. The van der Waals surface area contributed by atoms with Crippen LogP contribution in [-0.4, -0.2) is 54.2 Å². The molecule has 2 aliphatic rings. The van der Waals surface area contributed by atoms with Gasteiger partial charge in [0.2, 0.25) is 18.2 Å². The van der Waals surface area contributed by atoms with Crippen LogP contribution in [0.15, 0.2) is 18.2 Å². The summed E-state index contributed by atoms with van der Waals surface area (Å²) in [6.45, 7) is 6.01. The fourth-order valence-corrected chi connectivity index (χ4v) is 3.12. The smallest absolute Gasteiger partial charge is 0.240 e. The summed E-state index contributed by atoms with van der Waals surface area (Å²) < 4.78 is 0. The van der Waals surface area contributed by atoms with E-state index in [1.807, 2.05) is 32.0 Å². The SMILES string of the molecule is Cc1cccc(NC(=O)C2(C(=O)N3CCN(C=O)CC3)CC2)c1C.